The van der Waals surface area contributed by atoms with Gasteiger partial charge in [0.1, 0.15) is 23.0 Å². The first kappa shape index (κ1) is 63.2. The van der Waals surface area contributed by atoms with E-state index in [1.165, 1.54) is 48.8 Å². The Balaban J connectivity index is 0.000000218. The molecule has 6 aromatic carbocycles. The topological polar surface area (TPSA) is 328 Å². The minimum Gasteiger partial charge on any atom is -0.870 e. The van der Waals surface area contributed by atoms with Crippen LogP contribution >= 0.6 is 0 Å². The molecule has 0 bridgehead atoms. The van der Waals surface area contributed by atoms with E-state index >= 15 is 0 Å². The molecule has 20 heteroatoms. The van der Waals surface area contributed by atoms with Crippen LogP contribution in [0.2, 0.25) is 0 Å². The molecule has 0 unspecified atom stereocenters. The van der Waals surface area contributed by atoms with Crippen molar-refractivity contribution in [3.05, 3.63) is 143 Å². The Morgan fingerprint density at radius 1 is 0.263 bits per heavy atom. The van der Waals surface area contributed by atoms with Gasteiger partial charge in [0.25, 0.3) is 0 Å². The van der Waals surface area contributed by atoms with Crippen LogP contribution in [-0.2, 0) is 43.4 Å². The van der Waals surface area contributed by atoms with Gasteiger partial charge in [-0.15, -0.1) is 0 Å². The van der Waals surface area contributed by atoms with Gasteiger partial charge in [-0.05, 0) is 148 Å². The molecule has 3 aliphatic carbocycles. The van der Waals surface area contributed by atoms with Gasteiger partial charge in [0, 0.05) is 91.8 Å². The first-order valence-electron chi connectivity index (χ1n) is 25.8. The van der Waals surface area contributed by atoms with E-state index in [9.17, 15) is 61.3 Å². The van der Waals surface area contributed by atoms with Crippen molar-refractivity contribution < 1.29 is 105 Å². The molecule has 3 saturated carbocycles. The molecule has 6 aromatic rings. The molecule has 0 atom stereocenters. The van der Waals surface area contributed by atoms with Crippen molar-refractivity contribution in [1.29, 1.82) is 0 Å². The average molecular weight is 1150 g/mol. The van der Waals surface area contributed by atoms with Crippen molar-refractivity contribution in [3.8, 4) is 69.0 Å². The molecule has 416 valence electrons. The van der Waals surface area contributed by atoms with Gasteiger partial charge < -0.3 is 61.3 Å². The largest absolute Gasteiger partial charge is 0.870 e. The van der Waals surface area contributed by atoms with Crippen LogP contribution in [0.5, 0.6) is 69.0 Å². The fraction of sp³-hybridized carbons (Fsp3) is 0.300. The number of aromatic hydroxyl groups is 8. The predicted octanol–water partition coefficient (Wildman–Crippen LogP) is 7.54. The van der Waals surface area contributed by atoms with Crippen LogP contribution < -0.4 is 20.4 Å². The number of para-hydroxylation sites is 6. The fourth-order valence-electron chi connectivity index (χ4n) is 9.06. The number of phenols is 8. The van der Waals surface area contributed by atoms with Crippen LogP contribution in [0, 0.1) is 0 Å². The molecule has 80 heavy (non-hydrogen) atoms. The first-order valence-corrected chi connectivity index (χ1v) is 25.8. The molecule has 0 aliphatic heterocycles. The summed E-state index contributed by atoms with van der Waals surface area (Å²) in [7, 11) is 0. The van der Waals surface area contributed by atoms with Crippen molar-refractivity contribution in [2.45, 2.75) is 113 Å². The molecular formula is C60H62N6O12Ti2-4. The Hall–Kier alpha value is -7.63. The molecule has 9 rings (SSSR count). The van der Waals surface area contributed by atoms with Crippen LogP contribution in [0.3, 0.4) is 0 Å². The second kappa shape index (κ2) is 31.2. The van der Waals surface area contributed by atoms with Crippen molar-refractivity contribution in [1.82, 2.24) is 0 Å². The summed E-state index contributed by atoms with van der Waals surface area (Å²) in [5, 5.41) is 123. The van der Waals surface area contributed by atoms with Crippen molar-refractivity contribution in [3.63, 3.8) is 0 Å². The number of hydrogen-bond acceptors (Lipinski definition) is 18. The normalized spacial score (nSPS) is 20.2. The minimum atomic E-state index is -0.408. The van der Waals surface area contributed by atoms with Crippen LogP contribution in [0.15, 0.2) is 139 Å². The Labute approximate surface area is 493 Å². The summed E-state index contributed by atoms with van der Waals surface area (Å²) in [6, 6.07) is 28.9. The van der Waals surface area contributed by atoms with Gasteiger partial charge in [-0.1, -0.05) is 83.7 Å². The Bertz CT molecular complexity index is 2610. The SMILES string of the molecule is [O-]c1c(O)cccc1C=NC1CCC(N=Cc2cccc(O)c2O)CC1.[O-]c1c(O)cccc1C=NC1CCC(N=Cc2cccc(O)c2O)CC1.[O-]c1c(O)cccc1C=NC1CCC(N=Cc2cccc(O)c2[O-])CC1.[Ti].[Ti]. The quantitative estimate of drug-likeness (QED) is 0.0335. The summed E-state index contributed by atoms with van der Waals surface area (Å²) < 4.78 is 0. The first-order chi connectivity index (χ1) is 37.6. The monoisotopic (exact) mass is 1150 g/mol. The third kappa shape index (κ3) is 18.2. The smallest absolute Gasteiger partial charge is 0.166 e. The summed E-state index contributed by atoms with van der Waals surface area (Å²) >= 11 is 0. The third-order valence-electron chi connectivity index (χ3n) is 13.7. The maximum Gasteiger partial charge on any atom is 0.166 e. The standard InChI is InChI=1S/3C20H22N2O4.2Ti/c3*23-17-5-1-3-13(19(17)25)11-21-15-7-9-16(10-8-15)22-12-14-4-2-6-18(24)20(14)26;;/h3*1-6,11-12,15-16,23-26H,7-10H2;;/p-4. The third-order valence-corrected chi connectivity index (χ3v) is 13.7. The molecule has 0 saturated heterocycles. The van der Waals surface area contributed by atoms with E-state index < -0.39 is 23.0 Å². The zero-order valence-electron chi connectivity index (χ0n) is 43.7. The summed E-state index contributed by atoms with van der Waals surface area (Å²) in [4.78, 5) is 26.9. The van der Waals surface area contributed by atoms with Gasteiger partial charge in [0.15, 0.2) is 23.0 Å². The zero-order valence-corrected chi connectivity index (χ0v) is 46.8. The van der Waals surface area contributed by atoms with E-state index in [1.807, 2.05) is 0 Å². The van der Waals surface area contributed by atoms with E-state index in [4.69, 9.17) is 0 Å². The number of nitrogens with zero attached hydrogens (tertiary/aromatic N) is 6. The molecule has 0 amide bonds. The van der Waals surface area contributed by atoms with E-state index in [0.29, 0.717) is 33.4 Å². The molecule has 18 nitrogen and oxygen atoms in total. The molecule has 0 radical (unpaired) electrons. The summed E-state index contributed by atoms with van der Waals surface area (Å²) in [5.41, 5.74) is 2.55. The van der Waals surface area contributed by atoms with Gasteiger partial charge in [0.05, 0.1) is 36.3 Å². The zero-order chi connectivity index (χ0) is 55.6. The molecule has 0 aromatic heterocycles. The van der Waals surface area contributed by atoms with Gasteiger partial charge in [0.2, 0.25) is 0 Å². The van der Waals surface area contributed by atoms with E-state index in [2.05, 4.69) is 30.0 Å². The Morgan fingerprint density at radius 2 is 0.425 bits per heavy atom. The summed E-state index contributed by atoms with van der Waals surface area (Å²) in [6.07, 6.45) is 19.6. The van der Waals surface area contributed by atoms with Crippen molar-refractivity contribution in [2.24, 2.45) is 30.0 Å². The number of benzene rings is 6. The fourth-order valence-corrected chi connectivity index (χ4v) is 9.06. The maximum absolute atomic E-state index is 11.8. The second-order valence-electron chi connectivity index (χ2n) is 19.3. The maximum atomic E-state index is 11.8. The van der Waals surface area contributed by atoms with Crippen LogP contribution in [0.4, 0.5) is 0 Å². The van der Waals surface area contributed by atoms with Gasteiger partial charge >= 0.3 is 0 Å². The van der Waals surface area contributed by atoms with Gasteiger partial charge in [-0.2, -0.15) is 0 Å². The Morgan fingerprint density at radius 3 is 0.625 bits per heavy atom. The molecule has 3 aliphatic rings. The number of aliphatic imine (C=N–C) groups is 6. The van der Waals surface area contributed by atoms with Gasteiger partial charge in [-0.3, -0.25) is 30.0 Å². The van der Waals surface area contributed by atoms with Gasteiger partial charge in [-0.25, -0.2) is 0 Å². The second-order valence-corrected chi connectivity index (χ2v) is 19.3. The van der Waals surface area contributed by atoms with Crippen molar-refractivity contribution in [2.75, 3.05) is 0 Å². The summed E-state index contributed by atoms with van der Waals surface area (Å²) in [5.74, 6) is -3.31. The molecule has 8 N–H and O–H groups in total. The average Bonchev–Trinajstić information content (AvgIpc) is 3.45. The predicted molar refractivity (Wildman–Crippen MR) is 293 cm³/mol. The van der Waals surface area contributed by atoms with E-state index in [0.717, 1.165) is 77.0 Å². The molecule has 0 spiro atoms. The van der Waals surface area contributed by atoms with E-state index in [-0.39, 0.29) is 126 Å². The van der Waals surface area contributed by atoms with E-state index in [1.54, 1.807) is 97.7 Å². The van der Waals surface area contributed by atoms with Crippen LogP contribution in [-0.4, -0.2) is 114 Å². The number of hydrogen-bond donors (Lipinski definition) is 8. The number of rotatable bonds is 12. The Kier molecular flexibility index (Phi) is 24.7. The minimum absolute atomic E-state index is 0. The van der Waals surface area contributed by atoms with Crippen LogP contribution in [0.1, 0.15) is 110 Å². The van der Waals surface area contributed by atoms with Crippen LogP contribution in [0.25, 0.3) is 0 Å². The molecule has 0 heterocycles. The molecule has 3 fully saturated rings. The number of phenolic OH excluding ortho intramolecular Hbond substituents is 8. The molecular weight excluding hydrogens is 1090 g/mol. The van der Waals surface area contributed by atoms with Crippen molar-refractivity contribution >= 4 is 37.3 Å². The summed E-state index contributed by atoms with van der Waals surface area (Å²) in [6.45, 7) is 0.